The fourth-order valence-electron chi connectivity index (χ4n) is 1.98. The molecule has 0 bridgehead atoms. The van der Waals surface area contributed by atoms with Gasteiger partial charge in [-0.3, -0.25) is 0 Å². The molecule has 3 rings (SSSR count). The Balaban J connectivity index is 1.50. The molecule has 0 saturated carbocycles. The number of fused-ring (bicyclic) bond motifs is 1. The fourth-order valence-corrected chi connectivity index (χ4v) is 2.24. The van der Waals surface area contributed by atoms with Gasteiger partial charge in [-0.25, -0.2) is 4.79 Å². The van der Waals surface area contributed by atoms with E-state index in [2.05, 4.69) is 15.9 Å². The van der Waals surface area contributed by atoms with Crippen LogP contribution in [0.2, 0.25) is 0 Å². The van der Waals surface area contributed by atoms with Crippen molar-refractivity contribution in [3.8, 4) is 5.75 Å². The van der Waals surface area contributed by atoms with Crippen molar-refractivity contribution in [1.82, 2.24) is 0 Å². The number of benzene rings is 2. The van der Waals surface area contributed by atoms with E-state index in [1.165, 1.54) is 0 Å². The summed E-state index contributed by atoms with van der Waals surface area (Å²) in [4.78, 5) is 11.9. The predicted molar refractivity (Wildman–Crippen MR) is 86.1 cm³/mol. The molecule has 1 aromatic heterocycles. The van der Waals surface area contributed by atoms with Gasteiger partial charge in [-0.1, -0.05) is 34.1 Å². The number of hydrogen-bond donors (Lipinski definition) is 0. The maximum absolute atomic E-state index is 11.9. The van der Waals surface area contributed by atoms with Gasteiger partial charge in [0.2, 0.25) is 5.76 Å². The molecule has 4 nitrogen and oxygen atoms in total. The van der Waals surface area contributed by atoms with E-state index in [0.717, 1.165) is 15.6 Å². The highest BCUT2D eigenvalue weighted by molar-refractivity contribution is 9.10. The monoisotopic (exact) mass is 360 g/mol. The molecular formula is C17H13BrO4. The van der Waals surface area contributed by atoms with Crippen molar-refractivity contribution in [2.24, 2.45) is 0 Å². The first-order valence-electron chi connectivity index (χ1n) is 6.76. The number of furan rings is 1. The number of carbonyl (C=O) groups excluding carboxylic acids is 1. The van der Waals surface area contributed by atoms with Crippen LogP contribution in [-0.4, -0.2) is 19.2 Å². The van der Waals surface area contributed by atoms with Crippen LogP contribution in [-0.2, 0) is 4.74 Å². The van der Waals surface area contributed by atoms with Crippen LogP contribution in [0.25, 0.3) is 11.0 Å². The van der Waals surface area contributed by atoms with Crippen molar-refractivity contribution in [1.29, 1.82) is 0 Å². The highest BCUT2D eigenvalue weighted by Gasteiger charge is 2.13. The fraction of sp³-hybridized carbons (Fsp3) is 0.118. The maximum atomic E-state index is 11.9. The summed E-state index contributed by atoms with van der Waals surface area (Å²) in [7, 11) is 0. The van der Waals surface area contributed by atoms with Crippen molar-refractivity contribution >= 4 is 32.9 Å². The largest absolute Gasteiger partial charge is 0.490 e. The number of esters is 1. The normalized spacial score (nSPS) is 10.6. The Morgan fingerprint density at radius 3 is 2.59 bits per heavy atom. The highest BCUT2D eigenvalue weighted by atomic mass is 79.9. The van der Waals surface area contributed by atoms with E-state index in [0.29, 0.717) is 5.58 Å². The third-order valence-corrected chi connectivity index (χ3v) is 3.55. The zero-order valence-electron chi connectivity index (χ0n) is 11.6. The molecule has 0 radical (unpaired) electrons. The van der Waals surface area contributed by atoms with Crippen LogP contribution in [0.5, 0.6) is 5.75 Å². The number of carbonyl (C=O) groups is 1. The van der Waals surface area contributed by atoms with Gasteiger partial charge in [-0.2, -0.15) is 0 Å². The van der Waals surface area contributed by atoms with Crippen LogP contribution < -0.4 is 4.74 Å². The summed E-state index contributed by atoms with van der Waals surface area (Å²) in [6.45, 7) is 0.444. The first-order valence-corrected chi connectivity index (χ1v) is 7.56. The molecule has 2 aromatic carbocycles. The standard InChI is InChI=1S/C17H13BrO4/c18-13-5-7-14(8-6-13)20-9-10-21-17(19)16-11-12-3-1-2-4-15(12)22-16/h1-8,11H,9-10H2. The van der Waals surface area contributed by atoms with Gasteiger partial charge < -0.3 is 13.9 Å². The minimum Gasteiger partial charge on any atom is -0.490 e. The molecule has 0 amide bonds. The molecule has 0 N–H and O–H groups in total. The summed E-state index contributed by atoms with van der Waals surface area (Å²) < 4.78 is 17.0. The van der Waals surface area contributed by atoms with E-state index in [1.807, 2.05) is 48.5 Å². The van der Waals surface area contributed by atoms with Gasteiger partial charge in [0.1, 0.15) is 24.5 Å². The molecular weight excluding hydrogens is 348 g/mol. The number of hydrogen-bond acceptors (Lipinski definition) is 4. The Morgan fingerprint density at radius 2 is 1.82 bits per heavy atom. The Labute approximate surface area is 135 Å². The van der Waals surface area contributed by atoms with Crippen molar-refractivity contribution in [2.45, 2.75) is 0 Å². The van der Waals surface area contributed by atoms with Crippen molar-refractivity contribution < 1.29 is 18.7 Å². The molecule has 0 saturated heterocycles. The van der Waals surface area contributed by atoms with Gasteiger partial charge >= 0.3 is 5.97 Å². The lowest BCUT2D eigenvalue weighted by molar-refractivity contribution is 0.0417. The van der Waals surface area contributed by atoms with E-state index in [9.17, 15) is 4.79 Å². The molecule has 112 valence electrons. The third kappa shape index (κ3) is 3.49. The van der Waals surface area contributed by atoms with E-state index in [-0.39, 0.29) is 19.0 Å². The lowest BCUT2D eigenvalue weighted by Gasteiger charge is -2.06. The Bertz CT molecular complexity index is 744. The summed E-state index contributed by atoms with van der Waals surface area (Å²) >= 11 is 3.35. The Morgan fingerprint density at radius 1 is 1.05 bits per heavy atom. The van der Waals surface area contributed by atoms with E-state index < -0.39 is 5.97 Å². The lowest BCUT2D eigenvalue weighted by atomic mass is 10.2. The lowest BCUT2D eigenvalue weighted by Crippen LogP contribution is -2.11. The SMILES string of the molecule is O=C(OCCOc1ccc(Br)cc1)c1cc2ccccc2o1. The Hall–Kier alpha value is -2.27. The molecule has 0 fully saturated rings. The average Bonchev–Trinajstić information content (AvgIpc) is 2.97. The second kappa shape index (κ2) is 6.66. The average molecular weight is 361 g/mol. The molecule has 0 unspecified atom stereocenters. The summed E-state index contributed by atoms with van der Waals surface area (Å²) in [6.07, 6.45) is 0. The zero-order chi connectivity index (χ0) is 15.4. The second-order valence-electron chi connectivity index (χ2n) is 4.59. The van der Waals surface area contributed by atoms with Crippen LogP contribution in [0.3, 0.4) is 0 Å². The third-order valence-electron chi connectivity index (χ3n) is 3.03. The van der Waals surface area contributed by atoms with Crippen LogP contribution in [0, 0.1) is 0 Å². The molecule has 1 heterocycles. The van der Waals surface area contributed by atoms with Gasteiger partial charge in [0.25, 0.3) is 0 Å². The van der Waals surface area contributed by atoms with E-state index >= 15 is 0 Å². The molecule has 5 heteroatoms. The maximum Gasteiger partial charge on any atom is 0.374 e. The van der Waals surface area contributed by atoms with Crippen LogP contribution in [0.4, 0.5) is 0 Å². The van der Waals surface area contributed by atoms with Crippen molar-refractivity contribution in [3.63, 3.8) is 0 Å². The van der Waals surface area contributed by atoms with Crippen LogP contribution in [0.15, 0.2) is 63.5 Å². The first-order chi connectivity index (χ1) is 10.7. The smallest absolute Gasteiger partial charge is 0.374 e. The van der Waals surface area contributed by atoms with Crippen molar-refractivity contribution in [3.05, 3.63) is 64.8 Å². The summed E-state index contributed by atoms with van der Waals surface area (Å²) in [6, 6.07) is 16.6. The highest BCUT2D eigenvalue weighted by Crippen LogP contribution is 2.19. The molecule has 0 aliphatic rings. The van der Waals surface area contributed by atoms with E-state index in [4.69, 9.17) is 13.9 Å². The van der Waals surface area contributed by atoms with Gasteiger partial charge in [-0.15, -0.1) is 0 Å². The molecule has 0 spiro atoms. The molecule has 0 atom stereocenters. The molecule has 22 heavy (non-hydrogen) atoms. The number of rotatable bonds is 5. The molecule has 0 aliphatic heterocycles. The zero-order valence-corrected chi connectivity index (χ0v) is 13.2. The minimum absolute atomic E-state index is 0.159. The van der Waals surface area contributed by atoms with Gasteiger partial charge in [0.15, 0.2) is 0 Å². The van der Waals surface area contributed by atoms with Gasteiger partial charge in [-0.05, 0) is 36.4 Å². The predicted octanol–water partition coefficient (Wildman–Crippen LogP) is 4.43. The number of halogens is 1. The summed E-state index contributed by atoms with van der Waals surface area (Å²) in [5, 5.41) is 0.876. The van der Waals surface area contributed by atoms with E-state index in [1.54, 1.807) is 6.07 Å². The number of para-hydroxylation sites is 1. The molecule has 3 aromatic rings. The summed E-state index contributed by atoms with van der Waals surface area (Å²) in [5.74, 6) is 0.434. The topological polar surface area (TPSA) is 48.7 Å². The first kappa shape index (κ1) is 14.7. The van der Waals surface area contributed by atoms with Crippen molar-refractivity contribution in [2.75, 3.05) is 13.2 Å². The molecule has 0 aliphatic carbocycles. The van der Waals surface area contributed by atoms with Gasteiger partial charge in [0.05, 0.1) is 0 Å². The van der Waals surface area contributed by atoms with Crippen LogP contribution >= 0.6 is 15.9 Å². The Kier molecular flexibility index (Phi) is 4.44. The minimum atomic E-state index is -0.490. The second-order valence-corrected chi connectivity index (χ2v) is 5.50. The van der Waals surface area contributed by atoms with Gasteiger partial charge in [0, 0.05) is 9.86 Å². The van der Waals surface area contributed by atoms with Crippen LogP contribution in [0.1, 0.15) is 10.6 Å². The summed E-state index contributed by atoms with van der Waals surface area (Å²) in [5.41, 5.74) is 0.667. The number of ether oxygens (including phenoxy) is 2. The quantitative estimate of drug-likeness (QED) is 0.498.